The van der Waals surface area contributed by atoms with Crippen molar-refractivity contribution in [1.29, 1.82) is 0 Å². The smallest absolute Gasteiger partial charge is 0.145 e. The Bertz CT molecular complexity index is 834. The van der Waals surface area contributed by atoms with E-state index in [1.54, 1.807) is 18.4 Å². The largest absolute Gasteiger partial charge is 0.294 e. The molecule has 0 saturated carbocycles. The summed E-state index contributed by atoms with van der Waals surface area (Å²) in [7, 11) is 0. The van der Waals surface area contributed by atoms with E-state index in [1.807, 2.05) is 51.2 Å². The van der Waals surface area contributed by atoms with Gasteiger partial charge in [0.25, 0.3) is 0 Å². The third-order valence-corrected chi connectivity index (χ3v) is 3.65. The molecule has 0 N–H and O–H groups in total. The summed E-state index contributed by atoms with van der Waals surface area (Å²) in [6.07, 6.45) is 21.0. The first-order valence-electron chi connectivity index (χ1n) is 8.54. The van der Waals surface area contributed by atoms with Crippen LogP contribution in [-0.4, -0.2) is 10.8 Å². The summed E-state index contributed by atoms with van der Waals surface area (Å²) in [6, 6.07) is 0. The number of rotatable bonds is 9. The van der Waals surface area contributed by atoms with Crippen LogP contribution in [0.15, 0.2) is 79.4 Å². The van der Waals surface area contributed by atoms with Crippen LogP contribution in [0.3, 0.4) is 0 Å². The van der Waals surface area contributed by atoms with Gasteiger partial charge in [-0.15, -0.1) is 0 Å². The standard InChI is InChI=1S/C24H28N2/c1-8-14-19(7)18-20(12-5)26-23(16-10-3)22(15-9-2)21(13-6)24(26)25-17-11-4/h8-18H,1,4-6H2,2-3,7H3/b15-9-,16-10-,19-14-,20-18+,25-17?. The number of allylic oxidation sites excluding steroid dienone is 9. The maximum atomic E-state index is 4.62. The molecule has 0 unspecified atom stereocenters. The molecular weight excluding hydrogens is 316 g/mol. The van der Waals surface area contributed by atoms with Gasteiger partial charge in [-0.1, -0.05) is 68.8 Å². The molecule has 0 radical (unpaired) electrons. The Morgan fingerprint density at radius 1 is 0.962 bits per heavy atom. The molecule has 0 aliphatic heterocycles. The highest BCUT2D eigenvalue weighted by atomic mass is 15.1. The lowest BCUT2D eigenvalue weighted by atomic mass is 10.1. The molecule has 134 valence electrons. The highest BCUT2D eigenvalue weighted by molar-refractivity contribution is 5.87. The average Bonchev–Trinajstić information content (AvgIpc) is 2.91. The highest BCUT2D eigenvalue weighted by Gasteiger charge is 2.19. The van der Waals surface area contributed by atoms with Gasteiger partial charge in [-0.25, -0.2) is 4.99 Å². The predicted octanol–water partition coefficient (Wildman–Crippen LogP) is 7.24. The zero-order valence-corrected chi connectivity index (χ0v) is 16.1. The molecule has 0 atom stereocenters. The van der Waals surface area contributed by atoms with Crippen LogP contribution in [0.5, 0.6) is 0 Å². The monoisotopic (exact) mass is 344 g/mol. The van der Waals surface area contributed by atoms with E-state index in [1.165, 1.54) is 0 Å². The zero-order valence-electron chi connectivity index (χ0n) is 16.1. The lowest BCUT2D eigenvalue weighted by Gasteiger charge is -2.11. The van der Waals surface area contributed by atoms with Crippen LogP contribution in [0, 0.1) is 0 Å². The van der Waals surface area contributed by atoms with E-state index in [-0.39, 0.29) is 0 Å². The second-order valence-corrected chi connectivity index (χ2v) is 5.51. The topological polar surface area (TPSA) is 17.3 Å². The third-order valence-electron chi connectivity index (χ3n) is 3.65. The predicted molar refractivity (Wildman–Crippen MR) is 121 cm³/mol. The van der Waals surface area contributed by atoms with Crippen LogP contribution in [0.25, 0.3) is 23.9 Å². The van der Waals surface area contributed by atoms with Crippen LogP contribution in [0.1, 0.15) is 37.6 Å². The van der Waals surface area contributed by atoms with Crippen molar-refractivity contribution in [1.82, 2.24) is 4.57 Å². The van der Waals surface area contributed by atoms with Gasteiger partial charge >= 0.3 is 0 Å². The van der Waals surface area contributed by atoms with Crippen molar-refractivity contribution in [2.24, 2.45) is 4.99 Å². The Morgan fingerprint density at radius 3 is 2.15 bits per heavy atom. The van der Waals surface area contributed by atoms with Gasteiger partial charge in [-0.3, -0.25) is 4.57 Å². The van der Waals surface area contributed by atoms with Gasteiger partial charge in [-0.2, -0.15) is 0 Å². The molecule has 0 saturated heterocycles. The molecule has 26 heavy (non-hydrogen) atoms. The summed E-state index contributed by atoms with van der Waals surface area (Å²) in [6.45, 7) is 21.5. The van der Waals surface area contributed by atoms with E-state index < -0.39 is 0 Å². The van der Waals surface area contributed by atoms with E-state index in [4.69, 9.17) is 0 Å². The van der Waals surface area contributed by atoms with Gasteiger partial charge in [0, 0.05) is 23.0 Å². The maximum Gasteiger partial charge on any atom is 0.145 e. The van der Waals surface area contributed by atoms with Gasteiger partial charge in [0.15, 0.2) is 0 Å². The maximum absolute atomic E-state index is 4.62. The van der Waals surface area contributed by atoms with E-state index in [9.17, 15) is 0 Å². The molecule has 2 nitrogen and oxygen atoms in total. The molecular formula is C24H28N2. The molecule has 1 aromatic heterocycles. The molecule has 0 spiro atoms. The van der Waals surface area contributed by atoms with Crippen molar-refractivity contribution in [2.75, 3.05) is 0 Å². The first-order valence-corrected chi connectivity index (χ1v) is 8.54. The lowest BCUT2D eigenvalue weighted by Crippen LogP contribution is -1.98. The molecule has 2 heteroatoms. The molecule has 0 aliphatic rings. The molecule has 0 amide bonds. The van der Waals surface area contributed by atoms with Gasteiger partial charge < -0.3 is 0 Å². The number of hydrogen-bond donors (Lipinski definition) is 0. The minimum atomic E-state index is 0.790. The van der Waals surface area contributed by atoms with Crippen molar-refractivity contribution < 1.29 is 0 Å². The second-order valence-electron chi connectivity index (χ2n) is 5.51. The van der Waals surface area contributed by atoms with Crippen molar-refractivity contribution in [3.63, 3.8) is 0 Å². The summed E-state index contributed by atoms with van der Waals surface area (Å²) in [5.74, 6) is 0.790. The van der Waals surface area contributed by atoms with Gasteiger partial charge in [-0.05, 0) is 44.6 Å². The van der Waals surface area contributed by atoms with Crippen LogP contribution in [0.2, 0.25) is 0 Å². The Balaban J connectivity index is 4.03. The van der Waals surface area contributed by atoms with E-state index in [0.717, 1.165) is 33.9 Å². The molecule has 0 aromatic carbocycles. The fourth-order valence-electron chi connectivity index (χ4n) is 2.67. The van der Waals surface area contributed by atoms with Gasteiger partial charge in [0.2, 0.25) is 0 Å². The Hall–Kier alpha value is -3.13. The summed E-state index contributed by atoms with van der Waals surface area (Å²) in [5, 5.41) is 0. The molecule has 0 fully saturated rings. The molecule has 1 aromatic rings. The van der Waals surface area contributed by atoms with Gasteiger partial charge in [0.05, 0.1) is 5.69 Å². The first kappa shape index (κ1) is 20.9. The van der Waals surface area contributed by atoms with Crippen LogP contribution >= 0.6 is 0 Å². The quantitative estimate of drug-likeness (QED) is 0.332. The number of hydrogen-bond acceptors (Lipinski definition) is 1. The number of aromatic nitrogens is 1. The van der Waals surface area contributed by atoms with Crippen molar-refractivity contribution in [2.45, 2.75) is 20.8 Å². The molecule has 1 heterocycles. The Labute approximate surface area is 158 Å². The summed E-state index contributed by atoms with van der Waals surface area (Å²) < 4.78 is 2.08. The fourth-order valence-corrected chi connectivity index (χ4v) is 2.67. The summed E-state index contributed by atoms with van der Waals surface area (Å²) in [5.41, 5.74) is 5.04. The van der Waals surface area contributed by atoms with E-state index >= 15 is 0 Å². The van der Waals surface area contributed by atoms with Crippen molar-refractivity contribution in [3.8, 4) is 0 Å². The molecule has 1 rings (SSSR count). The van der Waals surface area contributed by atoms with Gasteiger partial charge in [0.1, 0.15) is 5.82 Å². The highest BCUT2D eigenvalue weighted by Crippen LogP contribution is 2.36. The number of aliphatic imine (C=N–C) groups is 1. The molecule has 0 aliphatic carbocycles. The molecule has 0 bridgehead atoms. The minimum Gasteiger partial charge on any atom is -0.294 e. The Kier molecular flexibility index (Phi) is 8.59. The lowest BCUT2D eigenvalue weighted by molar-refractivity contribution is 1.09. The van der Waals surface area contributed by atoms with E-state index in [2.05, 4.69) is 54.1 Å². The number of nitrogens with zero attached hydrogens (tertiary/aromatic N) is 2. The van der Waals surface area contributed by atoms with Crippen molar-refractivity contribution in [3.05, 3.63) is 91.2 Å². The van der Waals surface area contributed by atoms with Crippen LogP contribution in [-0.2, 0) is 0 Å². The fraction of sp³-hybridized carbons (Fsp3) is 0.125. The third kappa shape index (κ3) is 4.70. The van der Waals surface area contributed by atoms with Crippen LogP contribution < -0.4 is 0 Å². The average molecular weight is 345 g/mol. The summed E-state index contributed by atoms with van der Waals surface area (Å²) >= 11 is 0. The zero-order chi connectivity index (χ0) is 19.5. The van der Waals surface area contributed by atoms with Crippen LogP contribution in [0.4, 0.5) is 5.82 Å². The minimum absolute atomic E-state index is 0.790. The van der Waals surface area contributed by atoms with Crippen molar-refractivity contribution >= 4 is 36.0 Å². The SMILES string of the molecule is C=CC=Nc1c(C=C)c(/C=C\C)c(/C=C\C)n1/C(C=C)=C/C(C)=C\C=C. The Morgan fingerprint density at radius 2 is 1.65 bits per heavy atom. The second kappa shape index (κ2) is 10.7. The normalized spacial score (nSPS) is 13.0. The summed E-state index contributed by atoms with van der Waals surface area (Å²) in [4.78, 5) is 4.62. The van der Waals surface area contributed by atoms with E-state index in [0.29, 0.717) is 0 Å². The first-order chi connectivity index (χ1) is 12.6.